The van der Waals surface area contributed by atoms with E-state index in [1.54, 1.807) is 0 Å². The van der Waals surface area contributed by atoms with Gasteiger partial charge >= 0.3 is 0 Å². The number of unbranched alkanes of at least 4 members (excludes halogenated alkanes) is 2. The Bertz CT molecular complexity index is 5830. The summed E-state index contributed by atoms with van der Waals surface area (Å²) in [6, 6.07) is 38.8. The third-order valence-electron chi connectivity index (χ3n) is 26.9. The fourth-order valence-electron chi connectivity index (χ4n) is 17.7. The van der Waals surface area contributed by atoms with E-state index in [4.69, 9.17) is 92.9 Å². The van der Waals surface area contributed by atoms with Crippen LogP contribution in [-0.4, -0.2) is 236 Å². The van der Waals surface area contributed by atoms with Gasteiger partial charge in [0.05, 0.1) is 27.6 Å². The van der Waals surface area contributed by atoms with Crippen LogP contribution in [0.4, 0.5) is 35.2 Å². The summed E-state index contributed by atoms with van der Waals surface area (Å²) in [5.41, 5.74) is 19.5. The molecule has 8 N–H and O–H groups in total. The molecule has 774 valence electrons. The maximum Gasteiger partial charge on any atom is 0.227 e. The van der Waals surface area contributed by atoms with E-state index in [1.807, 2.05) is 80.6 Å². The highest BCUT2D eigenvalue weighted by Gasteiger charge is 2.26. The molecule has 9 saturated heterocycles. The lowest BCUT2D eigenvalue weighted by molar-refractivity contribution is -0.111. The van der Waals surface area contributed by atoms with Gasteiger partial charge in [0.15, 0.2) is 0 Å². The van der Waals surface area contributed by atoms with Gasteiger partial charge in [0, 0.05) is 177 Å². The van der Waals surface area contributed by atoms with Gasteiger partial charge in [0.1, 0.15) is 40.8 Å². The molecule has 31 heteroatoms. The summed E-state index contributed by atoms with van der Waals surface area (Å²) in [6.45, 7) is 52.7. The third kappa shape index (κ3) is 36.6. The highest BCUT2D eigenvalue weighted by Crippen LogP contribution is 2.37. The number of hydrogen-bond donors (Lipinski definition) is 8. The molecule has 0 saturated carbocycles. The van der Waals surface area contributed by atoms with Gasteiger partial charge in [-0.15, -0.1) is 0 Å². The largest absolute Gasteiger partial charge is 0.489 e. The number of carbonyl (C=O) groups excluding carboxylic acids is 1. The Morgan fingerprint density at radius 1 is 0.308 bits per heavy atom. The van der Waals surface area contributed by atoms with Crippen molar-refractivity contribution in [1.29, 1.82) is 0 Å². The molecule has 7 aromatic carbocycles. The molecule has 26 nitrogen and oxygen atoms in total. The molecule has 0 amide bonds. The van der Waals surface area contributed by atoms with Crippen molar-refractivity contribution < 1.29 is 19.7 Å². The van der Waals surface area contributed by atoms with Crippen LogP contribution in [0.15, 0.2) is 115 Å². The summed E-state index contributed by atoms with van der Waals surface area (Å²) in [6.07, 6.45) is 23.9. The topological polar surface area (TPSA) is 287 Å². The molecule has 9 aliphatic rings. The molecular formula is C112H157Cl5N22O4. The molecule has 14 heterocycles. The molecular weight excluding hydrogens is 1890 g/mol. The summed E-state index contributed by atoms with van der Waals surface area (Å²) in [4.78, 5) is 70.4. The molecule has 9 aliphatic heterocycles. The summed E-state index contributed by atoms with van der Waals surface area (Å²) in [7, 11) is 0. The molecule has 12 aromatic rings. The van der Waals surface area contributed by atoms with E-state index in [9.17, 15) is 4.79 Å². The van der Waals surface area contributed by atoms with Gasteiger partial charge in [-0.2, -0.15) is 19.9 Å². The van der Waals surface area contributed by atoms with E-state index in [0.717, 1.165) is 252 Å². The lowest BCUT2D eigenvalue weighted by atomic mass is 10.1. The summed E-state index contributed by atoms with van der Waals surface area (Å²) in [5, 5.41) is 42.3. The number of piperidine rings is 3. The van der Waals surface area contributed by atoms with Gasteiger partial charge in [-0.1, -0.05) is 87.2 Å². The number of nitrogens with one attached hydrogen (secondary N) is 6. The Balaban J connectivity index is 0.000000156. The number of halogens is 5. The van der Waals surface area contributed by atoms with E-state index in [1.165, 1.54) is 189 Å². The van der Waals surface area contributed by atoms with Crippen LogP contribution in [0, 0.1) is 69.2 Å². The van der Waals surface area contributed by atoms with Gasteiger partial charge < -0.3 is 76.3 Å². The Morgan fingerprint density at radius 2 is 0.594 bits per heavy atom. The van der Waals surface area contributed by atoms with Crippen molar-refractivity contribution in [1.82, 2.24) is 81.7 Å². The molecule has 21 rings (SSSR count). The first-order valence-corrected chi connectivity index (χ1v) is 54.2. The van der Waals surface area contributed by atoms with Crippen LogP contribution in [0.2, 0.25) is 21.0 Å². The molecule has 0 aliphatic carbocycles. The second-order valence-electron chi connectivity index (χ2n) is 38.2. The number of aliphatic hydroxyl groups is 2. The third-order valence-corrected chi connectivity index (χ3v) is 27.8. The van der Waals surface area contributed by atoms with Crippen molar-refractivity contribution in [2.24, 2.45) is 0 Å². The zero-order valence-corrected chi connectivity index (χ0v) is 90.7. The van der Waals surface area contributed by atoms with Crippen LogP contribution in [0.3, 0.4) is 0 Å². The number of benzene rings is 7. The lowest BCUT2D eigenvalue weighted by Gasteiger charge is -2.32. The van der Waals surface area contributed by atoms with Gasteiger partial charge in [-0.25, -0.2) is 29.9 Å². The second kappa shape index (κ2) is 61.3. The standard InChI is InChI=1S/C19H27N5.C18H25N5.C15H18ClN3.C15H13ClO2.C14H16ClN3.C10H8Cl2N2.C5H11N.C4H10N2.C4H9N.2C4H10O/c1-14-12-16-17(13-15(14)2)21-19(24-10-6-20-7-11-24)22-18(16)23-8-4-3-5-9-23;1-13-11-15-16(12-14(13)2)20-18(23-9-5-19-6-10-23)21-17(15)22-7-3-4-8-22;1-10-8-12-13(9-11(10)2)17-15(16)18-14(12)19-6-4-3-5-7-19;16-15(17)10-12-6-8-14(9-7-12)18-11-13-4-2-1-3-5-13;1-9-7-11-12(8-10(9)2)16-14(15)17-13(11)18-5-3-4-6-18;1-5-3-7-8(4-6(5)2)13-10(12)14-9(7)11;1-2-4-6-5-3-1;1-2-6-4-3-5-1;1-2-4-5-3-1;2*1-2-3-4-5/h12-13,20H,3-11H2,1-2H3;11-12,19H,3-10H2,1-2H3;8-9H,3-7H2,1-2H3;1-9H,10-11H2;7-8H,3-6H2,1-2H3;3-4H,1-2H3;6H,1-5H2;5-6H,1-4H2;5H,1-4H2;2*5H,2-4H2,1H3. The number of nitrogens with zero attached hydrogens (tertiary/aromatic N) is 16. The maximum absolute atomic E-state index is 10.7. The van der Waals surface area contributed by atoms with E-state index in [0.29, 0.717) is 35.5 Å². The number of anilines is 6. The smallest absolute Gasteiger partial charge is 0.227 e. The minimum Gasteiger partial charge on any atom is -0.489 e. The van der Waals surface area contributed by atoms with Crippen molar-refractivity contribution in [3.05, 3.63) is 203 Å². The number of aryl methyl sites for hydroxylation is 10. The van der Waals surface area contributed by atoms with Crippen molar-refractivity contribution in [2.75, 3.05) is 200 Å². The summed E-state index contributed by atoms with van der Waals surface area (Å²) in [5.74, 6) is 6.82. The van der Waals surface area contributed by atoms with Crippen LogP contribution >= 0.6 is 58.0 Å². The van der Waals surface area contributed by atoms with E-state index >= 15 is 0 Å². The van der Waals surface area contributed by atoms with Gasteiger partial charge in [0.2, 0.25) is 33.0 Å². The van der Waals surface area contributed by atoms with Crippen LogP contribution in [0.25, 0.3) is 54.5 Å². The van der Waals surface area contributed by atoms with Crippen LogP contribution in [0.1, 0.15) is 203 Å². The van der Waals surface area contributed by atoms with Gasteiger partial charge in [-0.3, -0.25) is 4.79 Å². The van der Waals surface area contributed by atoms with Crippen LogP contribution < -0.4 is 66.0 Å². The minimum atomic E-state index is -0.354. The minimum absolute atomic E-state index is 0.186. The fourth-order valence-corrected chi connectivity index (χ4v) is 18.7. The molecule has 0 spiro atoms. The lowest BCUT2D eigenvalue weighted by Crippen LogP contribution is -2.44. The summed E-state index contributed by atoms with van der Waals surface area (Å²) < 4.78 is 5.63. The van der Waals surface area contributed by atoms with E-state index < -0.39 is 0 Å². The second-order valence-corrected chi connectivity index (χ2v) is 40.0. The quantitative estimate of drug-likeness (QED) is 0.0269. The molecule has 5 aromatic heterocycles. The zero-order chi connectivity index (χ0) is 102. The number of rotatable bonds is 15. The first kappa shape index (κ1) is 114. The first-order valence-electron chi connectivity index (χ1n) is 52.4. The normalized spacial score (nSPS) is 16.1. The molecule has 0 unspecified atom stereocenters. The van der Waals surface area contributed by atoms with Crippen molar-refractivity contribution in [3.63, 3.8) is 0 Å². The average Bonchev–Trinajstić information content (AvgIpc) is 1.67. The molecule has 0 radical (unpaired) electrons. The monoisotopic (exact) mass is 2050 g/mol. The zero-order valence-electron chi connectivity index (χ0n) is 87.0. The number of piperazine rings is 3. The SMILES string of the molecule is C1CCNC1.C1CCNCC1.C1CNCCN1.CCCCO.CCCCO.Cc1cc2nc(Cl)nc(Cl)c2cc1C.Cc1cc2nc(Cl)nc(N3CCCC3)c2cc1C.Cc1cc2nc(Cl)nc(N3CCCCC3)c2cc1C.Cc1cc2nc(N3CCNCC3)nc(N3CCCC3)c2cc1C.Cc1cc2nc(N3CCNCC3)nc(N3CCCCC3)c2cc1C.O=C(Cl)Cc1ccc(OCc2ccccc2)cc1. The summed E-state index contributed by atoms with van der Waals surface area (Å²) >= 11 is 29.1. The molecule has 9 fully saturated rings. The van der Waals surface area contributed by atoms with Crippen molar-refractivity contribution in [3.8, 4) is 5.75 Å². The average molecular weight is 2050 g/mol. The predicted octanol–water partition coefficient (Wildman–Crippen LogP) is 21.3. The number of hydrogen-bond acceptors (Lipinski definition) is 26. The van der Waals surface area contributed by atoms with Crippen LogP contribution in [-0.2, 0) is 17.8 Å². The number of aromatic nitrogens is 10. The predicted molar refractivity (Wildman–Crippen MR) is 601 cm³/mol. The van der Waals surface area contributed by atoms with Gasteiger partial charge in [0.25, 0.3) is 0 Å². The van der Waals surface area contributed by atoms with Crippen LogP contribution in [0.5, 0.6) is 5.75 Å². The van der Waals surface area contributed by atoms with Gasteiger partial charge in [-0.05, 0) is 384 Å². The number of ether oxygens (including phenoxy) is 1. The highest BCUT2D eigenvalue weighted by atomic mass is 35.5. The highest BCUT2D eigenvalue weighted by molar-refractivity contribution is 6.63. The van der Waals surface area contributed by atoms with Crippen molar-refractivity contribution >= 4 is 153 Å². The Morgan fingerprint density at radius 3 is 0.902 bits per heavy atom. The van der Waals surface area contributed by atoms with E-state index in [-0.39, 0.29) is 16.9 Å². The molecule has 0 bridgehead atoms. The van der Waals surface area contributed by atoms with E-state index in [2.05, 4.69) is 209 Å². The number of aliphatic hydroxyl groups excluding tert-OH is 2. The molecule has 143 heavy (non-hydrogen) atoms. The molecule has 0 atom stereocenters. The number of fused-ring (bicyclic) bond motifs is 5. The Kier molecular flexibility index (Phi) is 48.8. The maximum atomic E-state index is 10.7. The Hall–Kier alpha value is -9.36. The van der Waals surface area contributed by atoms with Crippen molar-refractivity contribution in [2.45, 2.75) is 218 Å². The Labute approximate surface area is 875 Å². The number of carbonyl (C=O) groups is 1. The fraction of sp³-hybridized carbons (Fsp3) is 0.527. The first-order chi connectivity index (χ1) is 69.4.